The highest BCUT2D eigenvalue weighted by molar-refractivity contribution is 5.97. The van der Waals surface area contributed by atoms with Gasteiger partial charge in [-0.25, -0.2) is 0 Å². The van der Waals surface area contributed by atoms with Gasteiger partial charge >= 0.3 is 0 Å². The average molecular weight is 359 g/mol. The van der Waals surface area contributed by atoms with E-state index in [-0.39, 0.29) is 29.8 Å². The molecule has 2 aromatic heterocycles. The van der Waals surface area contributed by atoms with Gasteiger partial charge in [0.15, 0.2) is 5.82 Å². The third kappa shape index (κ3) is 3.79. The molecule has 1 fully saturated rings. The van der Waals surface area contributed by atoms with Gasteiger partial charge in [0.1, 0.15) is 6.04 Å². The summed E-state index contributed by atoms with van der Waals surface area (Å²) in [7, 11) is 0. The lowest BCUT2D eigenvalue weighted by molar-refractivity contribution is -0.139. The number of aromatic nitrogens is 5. The number of rotatable bonds is 5. The van der Waals surface area contributed by atoms with Gasteiger partial charge in [-0.05, 0) is 18.9 Å². The van der Waals surface area contributed by atoms with E-state index in [0.717, 1.165) is 6.42 Å². The number of aromatic amines is 1. The maximum absolute atomic E-state index is 12.6. The Hall–Kier alpha value is -3.04. The number of pyridine rings is 1. The van der Waals surface area contributed by atoms with Crippen molar-refractivity contribution >= 4 is 17.5 Å². The summed E-state index contributed by atoms with van der Waals surface area (Å²) >= 11 is 0. The Bertz CT molecular complexity index is 844. The van der Waals surface area contributed by atoms with Crippen LogP contribution in [0.15, 0.2) is 23.1 Å². The average Bonchev–Trinajstić information content (AvgIpc) is 3.28. The molecule has 0 aliphatic carbocycles. The molecule has 2 aromatic rings. The zero-order valence-corrected chi connectivity index (χ0v) is 14.7. The summed E-state index contributed by atoms with van der Waals surface area (Å²) in [5.41, 5.74) is 0.229. The number of anilines is 1. The van der Waals surface area contributed by atoms with Crippen molar-refractivity contribution in [1.29, 1.82) is 0 Å². The predicted octanol–water partition coefficient (Wildman–Crippen LogP) is -0.00480. The molecule has 3 rings (SSSR count). The summed E-state index contributed by atoms with van der Waals surface area (Å²) in [6, 6.07) is 2.42. The molecule has 0 saturated carbocycles. The molecule has 10 nitrogen and oxygen atoms in total. The van der Waals surface area contributed by atoms with Crippen LogP contribution in [0.25, 0.3) is 0 Å². The fourth-order valence-electron chi connectivity index (χ4n) is 2.99. The lowest BCUT2D eigenvalue weighted by Crippen LogP contribution is -2.44. The van der Waals surface area contributed by atoms with E-state index >= 15 is 0 Å². The quantitative estimate of drug-likeness (QED) is 0.774. The number of tetrazole rings is 1. The second-order valence-electron chi connectivity index (χ2n) is 6.55. The zero-order chi connectivity index (χ0) is 18.7. The highest BCUT2D eigenvalue weighted by atomic mass is 16.2. The molecule has 3 heterocycles. The normalized spacial score (nSPS) is 16.9. The van der Waals surface area contributed by atoms with Gasteiger partial charge in [0.25, 0.3) is 5.56 Å². The van der Waals surface area contributed by atoms with Crippen LogP contribution >= 0.6 is 0 Å². The molecule has 2 amide bonds. The fraction of sp³-hybridized carbons (Fsp3) is 0.500. The molecule has 1 saturated heterocycles. The minimum Gasteiger partial charge on any atom is -0.330 e. The van der Waals surface area contributed by atoms with Crippen LogP contribution in [0, 0.1) is 5.92 Å². The van der Waals surface area contributed by atoms with Crippen molar-refractivity contribution in [2.45, 2.75) is 39.3 Å². The van der Waals surface area contributed by atoms with Gasteiger partial charge in [-0.1, -0.05) is 19.1 Å². The van der Waals surface area contributed by atoms with Gasteiger partial charge in [-0.15, -0.1) is 10.2 Å². The third-order valence-electron chi connectivity index (χ3n) is 4.28. The summed E-state index contributed by atoms with van der Waals surface area (Å²) in [5.74, 6) is -0.0636. The maximum atomic E-state index is 12.6. The fourth-order valence-corrected chi connectivity index (χ4v) is 2.99. The van der Waals surface area contributed by atoms with Crippen LogP contribution in [0.2, 0.25) is 0 Å². The number of hydrogen-bond donors (Lipinski definition) is 2. The molecule has 0 aromatic carbocycles. The van der Waals surface area contributed by atoms with Crippen LogP contribution in [0.1, 0.15) is 32.5 Å². The lowest BCUT2D eigenvalue weighted by Gasteiger charge is -2.25. The number of hydrogen-bond acceptors (Lipinski definition) is 6. The lowest BCUT2D eigenvalue weighted by atomic mass is 10.1. The van der Waals surface area contributed by atoms with Crippen LogP contribution in [0.3, 0.4) is 0 Å². The molecule has 1 unspecified atom stereocenters. The summed E-state index contributed by atoms with van der Waals surface area (Å²) < 4.78 is 1.38. The summed E-state index contributed by atoms with van der Waals surface area (Å²) in [6.45, 7) is 4.37. The minimum absolute atomic E-state index is 0.0234. The first kappa shape index (κ1) is 17.8. The monoisotopic (exact) mass is 359 g/mol. The van der Waals surface area contributed by atoms with Gasteiger partial charge in [-0.2, -0.15) is 5.21 Å². The topological polar surface area (TPSA) is 126 Å². The molecule has 0 radical (unpaired) electrons. The number of nitrogens with zero attached hydrogens (tertiary/aromatic N) is 5. The number of carbonyl (C=O) groups excluding carboxylic acids is 2. The van der Waals surface area contributed by atoms with Crippen molar-refractivity contribution < 1.29 is 9.59 Å². The maximum Gasteiger partial charge on any atom is 0.251 e. The molecule has 10 heteroatoms. The zero-order valence-electron chi connectivity index (χ0n) is 14.7. The van der Waals surface area contributed by atoms with Gasteiger partial charge in [-0.3, -0.25) is 14.4 Å². The van der Waals surface area contributed by atoms with Crippen LogP contribution in [-0.4, -0.2) is 54.5 Å². The molecule has 0 spiro atoms. The molecule has 1 aliphatic heterocycles. The number of amides is 2. The Morgan fingerprint density at radius 2 is 2.19 bits per heavy atom. The predicted molar refractivity (Wildman–Crippen MR) is 92.2 cm³/mol. The molecule has 1 aliphatic rings. The summed E-state index contributed by atoms with van der Waals surface area (Å²) in [6.07, 6.45) is 2.96. The third-order valence-corrected chi connectivity index (χ3v) is 4.28. The number of H-pyrrole nitrogens is 1. The van der Waals surface area contributed by atoms with Crippen molar-refractivity contribution in [3.8, 4) is 0 Å². The Morgan fingerprint density at radius 3 is 2.88 bits per heavy atom. The van der Waals surface area contributed by atoms with Gasteiger partial charge in [0.2, 0.25) is 11.8 Å². The first-order valence-corrected chi connectivity index (χ1v) is 8.50. The van der Waals surface area contributed by atoms with Crippen molar-refractivity contribution in [2.24, 2.45) is 5.92 Å². The standard InChI is InChI=1S/C16H21N7O3/c1-10(2)16(26)23-7-3-4-12(23)15(25)17-11-5-6-14(24)22(8-11)9-13-18-20-21-19-13/h5-6,8,10,12H,3-4,7,9H2,1-2H3,(H,17,25)(H,18,19,20,21). The molecular formula is C16H21N7O3. The van der Waals surface area contributed by atoms with E-state index in [4.69, 9.17) is 0 Å². The van der Waals surface area contributed by atoms with Crippen LogP contribution in [0.5, 0.6) is 0 Å². The van der Waals surface area contributed by atoms with Gasteiger partial charge in [0, 0.05) is 24.7 Å². The number of likely N-dealkylation sites (tertiary alicyclic amines) is 1. The van der Waals surface area contributed by atoms with Crippen molar-refractivity contribution in [3.63, 3.8) is 0 Å². The Balaban J connectivity index is 1.73. The van der Waals surface area contributed by atoms with E-state index in [0.29, 0.717) is 24.5 Å². The summed E-state index contributed by atoms with van der Waals surface area (Å²) in [4.78, 5) is 38.5. The molecule has 0 bridgehead atoms. The molecule has 26 heavy (non-hydrogen) atoms. The first-order chi connectivity index (χ1) is 12.5. The minimum atomic E-state index is -0.484. The van der Waals surface area contributed by atoms with E-state index in [2.05, 4.69) is 25.9 Å². The number of carbonyl (C=O) groups is 2. The van der Waals surface area contributed by atoms with Crippen molar-refractivity contribution in [1.82, 2.24) is 30.1 Å². The Labute approximate surface area is 149 Å². The summed E-state index contributed by atoms with van der Waals surface area (Å²) in [5, 5.41) is 16.2. The van der Waals surface area contributed by atoms with E-state index in [1.54, 1.807) is 4.90 Å². The molecule has 2 N–H and O–H groups in total. The highest BCUT2D eigenvalue weighted by Crippen LogP contribution is 2.21. The SMILES string of the molecule is CC(C)C(=O)N1CCCC1C(=O)Nc1ccc(=O)n(Cc2nn[nH]n2)c1. The van der Waals surface area contributed by atoms with Crippen molar-refractivity contribution in [2.75, 3.05) is 11.9 Å². The first-order valence-electron chi connectivity index (χ1n) is 8.50. The second kappa shape index (κ2) is 7.46. The molecule has 1 atom stereocenters. The number of nitrogens with one attached hydrogen (secondary N) is 2. The van der Waals surface area contributed by atoms with Crippen LogP contribution < -0.4 is 10.9 Å². The van der Waals surface area contributed by atoms with E-state index in [1.165, 1.54) is 22.9 Å². The smallest absolute Gasteiger partial charge is 0.251 e. The molecular weight excluding hydrogens is 338 g/mol. The Kier molecular flexibility index (Phi) is 5.10. The molecule has 138 valence electrons. The Morgan fingerprint density at radius 1 is 1.38 bits per heavy atom. The highest BCUT2D eigenvalue weighted by Gasteiger charge is 2.34. The van der Waals surface area contributed by atoms with Crippen LogP contribution in [-0.2, 0) is 16.1 Å². The second-order valence-corrected chi connectivity index (χ2v) is 6.55. The van der Waals surface area contributed by atoms with E-state index < -0.39 is 6.04 Å². The van der Waals surface area contributed by atoms with E-state index in [1.807, 2.05) is 13.8 Å². The van der Waals surface area contributed by atoms with Crippen LogP contribution in [0.4, 0.5) is 5.69 Å². The van der Waals surface area contributed by atoms with E-state index in [9.17, 15) is 14.4 Å². The largest absolute Gasteiger partial charge is 0.330 e. The van der Waals surface area contributed by atoms with Gasteiger partial charge < -0.3 is 14.8 Å². The van der Waals surface area contributed by atoms with Gasteiger partial charge in [0.05, 0.1) is 12.2 Å². The van der Waals surface area contributed by atoms with Crippen molar-refractivity contribution in [3.05, 3.63) is 34.5 Å².